The molecule has 2 rings (SSSR count). The largest absolute Gasteiger partial charge is 0.329 e. The van der Waals surface area contributed by atoms with E-state index in [1.54, 1.807) is 0 Å². The van der Waals surface area contributed by atoms with E-state index in [-0.39, 0.29) is 0 Å². The van der Waals surface area contributed by atoms with Crippen molar-refractivity contribution in [2.75, 3.05) is 13.1 Å². The lowest BCUT2D eigenvalue weighted by Gasteiger charge is -2.22. The normalized spacial score (nSPS) is 10.4. The second-order valence-corrected chi connectivity index (χ2v) is 4.75. The molecular formula is C17H19N3. The summed E-state index contributed by atoms with van der Waals surface area (Å²) in [6, 6.07) is 20.3. The van der Waals surface area contributed by atoms with Gasteiger partial charge in [0.15, 0.2) is 0 Å². The molecule has 0 aliphatic carbocycles. The van der Waals surface area contributed by atoms with E-state index in [2.05, 4.69) is 23.1 Å². The maximum Gasteiger partial charge on any atom is 0.0995 e. The van der Waals surface area contributed by atoms with Gasteiger partial charge in [0, 0.05) is 26.2 Å². The third-order valence-corrected chi connectivity index (χ3v) is 3.23. The predicted molar refractivity (Wildman–Crippen MR) is 80.8 cm³/mol. The Hall–Kier alpha value is -2.15. The molecule has 2 aromatic carbocycles. The highest BCUT2D eigenvalue weighted by atomic mass is 15.1. The summed E-state index contributed by atoms with van der Waals surface area (Å²) in [6.45, 7) is 3.02. The highest BCUT2D eigenvalue weighted by Crippen LogP contribution is 2.13. The van der Waals surface area contributed by atoms with Crippen LogP contribution in [0.25, 0.3) is 0 Å². The van der Waals surface area contributed by atoms with E-state index in [0.717, 1.165) is 30.8 Å². The van der Waals surface area contributed by atoms with Gasteiger partial charge in [0.1, 0.15) is 0 Å². The van der Waals surface area contributed by atoms with Gasteiger partial charge in [-0.1, -0.05) is 48.5 Å². The van der Waals surface area contributed by atoms with Crippen LogP contribution >= 0.6 is 0 Å². The number of nitrogens with two attached hydrogens (primary N) is 1. The number of nitriles is 1. The molecule has 0 saturated carbocycles. The Kier molecular flexibility index (Phi) is 5.31. The van der Waals surface area contributed by atoms with Crippen molar-refractivity contribution in [1.82, 2.24) is 4.90 Å². The molecule has 0 radical (unpaired) electrons. The topological polar surface area (TPSA) is 53.0 Å². The summed E-state index contributed by atoms with van der Waals surface area (Å²) in [4.78, 5) is 2.27. The monoisotopic (exact) mass is 265 g/mol. The predicted octanol–water partition coefficient (Wildman–Crippen LogP) is 2.52. The van der Waals surface area contributed by atoms with E-state index in [1.165, 1.54) is 5.56 Å². The van der Waals surface area contributed by atoms with Gasteiger partial charge in [0.2, 0.25) is 0 Å². The first-order chi connectivity index (χ1) is 9.83. The van der Waals surface area contributed by atoms with Gasteiger partial charge >= 0.3 is 0 Å². The fraction of sp³-hybridized carbons (Fsp3) is 0.235. The van der Waals surface area contributed by atoms with Crippen molar-refractivity contribution in [2.45, 2.75) is 13.1 Å². The summed E-state index contributed by atoms with van der Waals surface area (Å²) in [5.74, 6) is 0. The highest BCUT2D eigenvalue weighted by Gasteiger charge is 2.09. The molecule has 0 amide bonds. The minimum atomic E-state index is 0.613. The molecule has 0 unspecified atom stereocenters. The molecule has 3 nitrogen and oxygen atoms in total. The molecule has 0 heterocycles. The summed E-state index contributed by atoms with van der Waals surface area (Å²) in [5.41, 5.74) is 8.75. The quantitative estimate of drug-likeness (QED) is 0.873. The standard InChI is InChI=1S/C17H19N3/c18-10-11-20(13-15-6-2-1-3-7-15)14-17-9-5-4-8-16(17)12-19/h1-9H,10-11,13-14,18H2. The van der Waals surface area contributed by atoms with Crippen LogP contribution in [0.2, 0.25) is 0 Å². The summed E-state index contributed by atoms with van der Waals surface area (Å²) < 4.78 is 0. The van der Waals surface area contributed by atoms with Crippen LogP contribution in [-0.2, 0) is 13.1 Å². The van der Waals surface area contributed by atoms with E-state index < -0.39 is 0 Å². The molecule has 0 aliphatic rings. The molecular weight excluding hydrogens is 246 g/mol. The van der Waals surface area contributed by atoms with E-state index in [1.807, 2.05) is 42.5 Å². The first-order valence-electron chi connectivity index (χ1n) is 6.78. The SMILES string of the molecule is N#Cc1ccccc1CN(CCN)Cc1ccccc1. The molecule has 0 aromatic heterocycles. The molecule has 20 heavy (non-hydrogen) atoms. The number of hydrogen-bond acceptors (Lipinski definition) is 3. The van der Waals surface area contributed by atoms with Crippen molar-refractivity contribution < 1.29 is 0 Å². The molecule has 0 saturated heterocycles. The van der Waals surface area contributed by atoms with Gasteiger partial charge in [-0.25, -0.2) is 0 Å². The molecule has 3 heteroatoms. The molecule has 0 spiro atoms. The summed E-state index contributed by atoms with van der Waals surface area (Å²) in [7, 11) is 0. The van der Waals surface area contributed by atoms with Gasteiger partial charge in [0.05, 0.1) is 11.6 Å². The maximum absolute atomic E-state index is 9.16. The zero-order valence-corrected chi connectivity index (χ0v) is 11.5. The van der Waals surface area contributed by atoms with E-state index in [0.29, 0.717) is 6.54 Å². The highest BCUT2D eigenvalue weighted by molar-refractivity contribution is 5.37. The lowest BCUT2D eigenvalue weighted by atomic mass is 10.1. The van der Waals surface area contributed by atoms with Crippen molar-refractivity contribution >= 4 is 0 Å². The van der Waals surface area contributed by atoms with Gasteiger partial charge in [-0.3, -0.25) is 4.90 Å². The van der Waals surface area contributed by atoms with E-state index in [4.69, 9.17) is 11.0 Å². The summed E-state index contributed by atoms with van der Waals surface area (Å²) in [5, 5.41) is 9.16. The van der Waals surface area contributed by atoms with Crippen molar-refractivity contribution in [2.24, 2.45) is 5.73 Å². The first-order valence-corrected chi connectivity index (χ1v) is 6.78. The van der Waals surface area contributed by atoms with Crippen molar-refractivity contribution in [3.63, 3.8) is 0 Å². The van der Waals surface area contributed by atoms with Crippen LogP contribution in [0, 0.1) is 11.3 Å². The van der Waals surface area contributed by atoms with E-state index >= 15 is 0 Å². The van der Waals surface area contributed by atoms with Crippen LogP contribution in [0.1, 0.15) is 16.7 Å². The zero-order valence-electron chi connectivity index (χ0n) is 11.5. The minimum Gasteiger partial charge on any atom is -0.329 e. The van der Waals surface area contributed by atoms with E-state index in [9.17, 15) is 0 Å². The molecule has 0 aliphatic heterocycles. The third kappa shape index (κ3) is 3.92. The van der Waals surface area contributed by atoms with Crippen molar-refractivity contribution in [3.05, 3.63) is 71.3 Å². The first kappa shape index (κ1) is 14.3. The molecule has 2 aromatic rings. The van der Waals surface area contributed by atoms with Crippen LogP contribution in [0.4, 0.5) is 0 Å². The minimum absolute atomic E-state index is 0.613. The molecule has 102 valence electrons. The number of hydrogen-bond donors (Lipinski definition) is 1. The Morgan fingerprint density at radius 2 is 1.65 bits per heavy atom. The lowest BCUT2D eigenvalue weighted by Crippen LogP contribution is -2.29. The Morgan fingerprint density at radius 3 is 2.35 bits per heavy atom. The van der Waals surface area contributed by atoms with Crippen molar-refractivity contribution in [3.8, 4) is 6.07 Å². The number of nitrogens with zero attached hydrogens (tertiary/aromatic N) is 2. The fourth-order valence-electron chi connectivity index (χ4n) is 2.25. The Balaban J connectivity index is 2.11. The summed E-state index contributed by atoms with van der Waals surface area (Å²) in [6.07, 6.45) is 0. The van der Waals surface area contributed by atoms with Gasteiger partial charge in [-0.2, -0.15) is 5.26 Å². The fourth-order valence-corrected chi connectivity index (χ4v) is 2.25. The smallest absolute Gasteiger partial charge is 0.0995 e. The van der Waals surface area contributed by atoms with Crippen LogP contribution in [0.15, 0.2) is 54.6 Å². The lowest BCUT2D eigenvalue weighted by molar-refractivity contribution is 0.264. The Morgan fingerprint density at radius 1 is 0.950 bits per heavy atom. The average Bonchev–Trinajstić information content (AvgIpc) is 2.49. The zero-order chi connectivity index (χ0) is 14.2. The van der Waals surface area contributed by atoms with Gasteiger partial charge in [0.25, 0.3) is 0 Å². The van der Waals surface area contributed by atoms with Gasteiger partial charge in [-0.05, 0) is 17.2 Å². The van der Waals surface area contributed by atoms with Crippen LogP contribution < -0.4 is 5.73 Å². The molecule has 2 N–H and O–H groups in total. The van der Waals surface area contributed by atoms with Gasteiger partial charge in [-0.15, -0.1) is 0 Å². The second-order valence-electron chi connectivity index (χ2n) is 4.75. The molecule has 0 atom stereocenters. The van der Waals surface area contributed by atoms with Crippen LogP contribution in [0.3, 0.4) is 0 Å². The Labute approximate surface area is 120 Å². The molecule has 0 bridgehead atoms. The van der Waals surface area contributed by atoms with Crippen molar-refractivity contribution in [1.29, 1.82) is 5.26 Å². The third-order valence-electron chi connectivity index (χ3n) is 3.23. The second kappa shape index (κ2) is 7.44. The Bertz CT molecular complexity index is 572. The number of benzene rings is 2. The molecule has 0 fully saturated rings. The van der Waals surface area contributed by atoms with Crippen LogP contribution in [-0.4, -0.2) is 18.0 Å². The maximum atomic E-state index is 9.16. The number of rotatable bonds is 6. The average molecular weight is 265 g/mol. The van der Waals surface area contributed by atoms with Crippen LogP contribution in [0.5, 0.6) is 0 Å². The summed E-state index contributed by atoms with van der Waals surface area (Å²) >= 11 is 0. The van der Waals surface area contributed by atoms with Gasteiger partial charge < -0.3 is 5.73 Å².